The second-order valence-corrected chi connectivity index (χ2v) is 31.3. The summed E-state index contributed by atoms with van der Waals surface area (Å²) in [6, 6.07) is 28.6. The van der Waals surface area contributed by atoms with Crippen LogP contribution in [0.15, 0.2) is 93.7 Å². The number of methoxy groups -OCH3 is 2. The van der Waals surface area contributed by atoms with Crippen molar-refractivity contribution in [2.24, 2.45) is 32.4 Å². The summed E-state index contributed by atoms with van der Waals surface area (Å²) >= 11 is 0. The van der Waals surface area contributed by atoms with Gasteiger partial charge in [-0.3, -0.25) is 19.2 Å². The molecular formula is C72H100N4O10S2. The fourth-order valence-electron chi connectivity index (χ4n) is 15.2. The first-order chi connectivity index (χ1) is 42.4. The van der Waals surface area contributed by atoms with E-state index in [1.54, 1.807) is 26.0 Å². The monoisotopic (exact) mass is 1240 g/mol. The van der Waals surface area contributed by atoms with Gasteiger partial charge in [-0.2, -0.15) is 8.73 Å². The zero-order chi connectivity index (χ0) is 62.6. The van der Waals surface area contributed by atoms with Crippen molar-refractivity contribution in [2.45, 2.75) is 180 Å². The molecule has 0 aromatic heterocycles. The average molecular weight is 1250 g/mol. The lowest BCUT2D eigenvalue weighted by atomic mass is 9.70. The summed E-state index contributed by atoms with van der Waals surface area (Å²) < 4.78 is 61.9. The molecule has 10 rings (SSSR count). The molecule has 4 heterocycles. The molecule has 2 spiro atoms. The number of hydrogen-bond acceptors (Lipinski definition) is 12. The van der Waals surface area contributed by atoms with E-state index in [2.05, 4.69) is 94.8 Å². The molecule has 16 heteroatoms. The molecule has 4 aliphatic heterocycles. The van der Waals surface area contributed by atoms with E-state index in [0.29, 0.717) is 60.9 Å². The molecule has 0 saturated carbocycles. The number of amides is 2. The van der Waals surface area contributed by atoms with E-state index >= 15 is 0 Å². The Morgan fingerprint density at radius 2 is 0.977 bits per heavy atom. The van der Waals surface area contributed by atoms with E-state index in [4.69, 9.17) is 18.9 Å². The Hall–Kier alpha value is -5.42. The number of aryl methyl sites for hydroxylation is 2. The predicted octanol–water partition coefficient (Wildman–Crippen LogP) is 14.0. The fourth-order valence-corrected chi connectivity index (χ4v) is 19.4. The van der Waals surface area contributed by atoms with Crippen molar-refractivity contribution in [1.82, 2.24) is 0 Å². The Labute approximate surface area is 526 Å². The third-order valence-electron chi connectivity index (χ3n) is 20.7. The van der Waals surface area contributed by atoms with Gasteiger partial charge in [-0.15, -0.1) is 0 Å². The maximum Gasteiger partial charge on any atom is 0.285 e. The van der Waals surface area contributed by atoms with E-state index in [0.717, 1.165) is 139 Å². The Morgan fingerprint density at radius 1 is 0.568 bits per heavy atom. The summed E-state index contributed by atoms with van der Waals surface area (Å²) in [5.41, 5.74) is 7.74. The number of benzene rings is 4. The first-order valence-electron chi connectivity index (χ1n) is 33.2. The Morgan fingerprint density at radius 3 is 1.36 bits per heavy atom. The SMILES string of the molecule is CCC(=O)C[S@@]1(=O)=NC(=O)c2ccc3c(c2)N(C[C@H](CC)[C@@H](C)[C@@H](OC)CCCCC1)C[C@@]1(CCCc2ccccc21)CO3.CCC(=O)C[S@]1(=O)=NC(=O)c2ccc3c(c2)N(C[C@H](CC)[C@@H](C)[C@@H](OC)CCCCC1)C[C@@]1(CCCc2ccccc21)CO3. The molecule has 2 amide bonds. The highest BCUT2D eigenvalue weighted by molar-refractivity contribution is 7.94. The lowest BCUT2D eigenvalue weighted by Crippen LogP contribution is -2.47. The highest BCUT2D eigenvalue weighted by atomic mass is 32.2. The number of anilines is 2. The third kappa shape index (κ3) is 15.6. The van der Waals surface area contributed by atoms with Crippen LogP contribution in [-0.2, 0) is 62.2 Å². The summed E-state index contributed by atoms with van der Waals surface area (Å²) in [6.07, 6.45) is 16.0. The van der Waals surface area contributed by atoms with Gasteiger partial charge in [-0.05, 0) is 147 Å². The van der Waals surface area contributed by atoms with Gasteiger partial charge in [-0.1, -0.05) is 129 Å². The Bertz CT molecular complexity index is 3150. The number of Topliss-reactive ketones (excluding diaryl/α,β-unsaturated/α-hetero) is 2. The summed E-state index contributed by atoms with van der Waals surface area (Å²) in [5.74, 6) is 1.78. The number of hydrogen-bond donors (Lipinski definition) is 0. The minimum Gasteiger partial charge on any atom is -0.490 e. The quantitative estimate of drug-likeness (QED) is 0.147. The van der Waals surface area contributed by atoms with Crippen LogP contribution in [0.4, 0.5) is 11.4 Å². The van der Waals surface area contributed by atoms with Gasteiger partial charge in [0.05, 0.1) is 67.8 Å². The minimum absolute atomic E-state index is 0.114. The molecule has 2 aliphatic carbocycles. The molecular weight excluding hydrogens is 1140 g/mol. The highest BCUT2D eigenvalue weighted by Crippen LogP contribution is 2.47. The third-order valence-corrected chi connectivity index (χ3v) is 25.1. The van der Waals surface area contributed by atoms with Gasteiger partial charge in [-0.25, -0.2) is 8.42 Å². The van der Waals surface area contributed by atoms with E-state index < -0.39 is 31.3 Å². The van der Waals surface area contributed by atoms with Crippen molar-refractivity contribution in [3.63, 3.8) is 0 Å². The average Bonchev–Trinajstić information content (AvgIpc) is 1.96. The predicted molar refractivity (Wildman–Crippen MR) is 355 cm³/mol. The Kier molecular flexibility index (Phi) is 22.9. The smallest absolute Gasteiger partial charge is 0.285 e. The van der Waals surface area contributed by atoms with E-state index in [1.807, 2.05) is 38.5 Å². The van der Waals surface area contributed by atoms with Crippen molar-refractivity contribution < 1.29 is 46.5 Å². The molecule has 0 unspecified atom stereocenters. The standard InChI is InChI=1S/2C36H50N2O5S/c2*1-5-27-22-38-24-36(19-12-14-28-13-9-10-15-31(28)36)25-43-34-18-17-29(21-32(34)38)35(40)37-44(41,23-30(39)6-2)20-11-7-8-16-33(42-4)26(27)3/h2*9-10,13,15,17-18,21,26-27,33H,5-8,11-12,14,16,19-20,22-25H2,1-4H3/t26-,27+,33+,36+,44+;26-,27+,33+,36+,44-/m11/s1. The molecule has 10 atom stereocenters. The Balaban J connectivity index is 0.000000209. The van der Waals surface area contributed by atoms with Crippen molar-refractivity contribution >= 4 is 54.2 Å². The van der Waals surface area contributed by atoms with E-state index in [-0.39, 0.29) is 70.5 Å². The van der Waals surface area contributed by atoms with Gasteiger partial charge < -0.3 is 28.7 Å². The van der Waals surface area contributed by atoms with Crippen LogP contribution in [0.2, 0.25) is 0 Å². The van der Waals surface area contributed by atoms with Gasteiger partial charge in [0.15, 0.2) is 0 Å². The number of rotatable bonds is 10. The molecule has 14 nitrogen and oxygen atoms in total. The molecule has 6 aliphatic rings. The number of fused-ring (bicyclic) bond motifs is 6. The molecule has 4 bridgehead atoms. The maximum absolute atomic E-state index is 14.0. The van der Waals surface area contributed by atoms with Crippen LogP contribution < -0.4 is 19.3 Å². The van der Waals surface area contributed by atoms with E-state index in [9.17, 15) is 27.6 Å². The van der Waals surface area contributed by atoms with Crippen LogP contribution in [0.1, 0.15) is 187 Å². The van der Waals surface area contributed by atoms with Crippen LogP contribution in [0.25, 0.3) is 0 Å². The topological polar surface area (TPSA) is 171 Å². The van der Waals surface area contributed by atoms with Crippen LogP contribution in [-0.4, -0.2) is 121 Å². The second kappa shape index (κ2) is 30.1. The molecule has 0 N–H and O–H groups in total. The van der Waals surface area contributed by atoms with Crippen LogP contribution in [0.3, 0.4) is 0 Å². The van der Waals surface area contributed by atoms with E-state index in [1.165, 1.54) is 22.3 Å². The normalized spacial score (nSPS) is 29.7. The first kappa shape index (κ1) is 67.0. The molecule has 0 radical (unpaired) electrons. The van der Waals surface area contributed by atoms with Crippen molar-refractivity contribution in [1.29, 1.82) is 0 Å². The summed E-state index contributed by atoms with van der Waals surface area (Å²) in [4.78, 5) is 57.0. The maximum atomic E-state index is 14.0. The number of nitrogens with zero attached hydrogens (tertiary/aromatic N) is 4. The molecule has 0 fully saturated rings. The van der Waals surface area contributed by atoms with Gasteiger partial charge >= 0.3 is 0 Å². The molecule has 480 valence electrons. The summed E-state index contributed by atoms with van der Waals surface area (Å²) in [7, 11) is -2.40. The van der Waals surface area contributed by atoms with Crippen molar-refractivity contribution in [2.75, 3.05) is 86.4 Å². The fraction of sp³-hybridized carbons (Fsp3) is 0.611. The zero-order valence-electron chi connectivity index (χ0n) is 54.0. The second-order valence-electron chi connectivity index (χ2n) is 26.4. The van der Waals surface area contributed by atoms with Gasteiger partial charge in [0.25, 0.3) is 11.8 Å². The summed E-state index contributed by atoms with van der Waals surface area (Å²) in [6.45, 7) is 17.0. The van der Waals surface area contributed by atoms with Gasteiger partial charge in [0.2, 0.25) is 0 Å². The molecule has 4 aromatic carbocycles. The highest BCUT2D eigenvalue weighted by Gasteiger charge is 2.45. The number of carbonyl (C=O) groups excluding carboxylic acids is 4. The first-order valence-corrected chi connectivity index (χ1v) is 36.9. The largest absolute Gasteiger partial charge is 0.490 e. The number of carbonyl (C=O) groups is 4. The van der Waals surface area contributed by atoms with Crippen LogP contribution >= 0.6 is 0 Å². The van der Waals surface area contributed by atoms with Crippen LogP contribution in [0.5, 0.6) is 11.5 Å². The minimum atomic E-state index is -3.02. The molecule has 0 saturated heterocycles. The lowest BCUT2D eigenvalue weighted by Gasteiger charge is -2.42. The number of ketones is 2. The van der Waals surface area contributed by atoms with Gasteiger partial charge in [0.1, 0.15) is 23.1 Å². The van der Waals surface area contributed by atoms with Crippen LogP contribution in [0, 0.1) is 23.7 Å². The van der Waals surface area contributed by atoms with Crippen molar-refractivity contribution in [3.05, 3.63) is 118 Å². The van der Waals surface area contributed by atoms with Gasteiger partial charge in [0, 0.05) is 86.7 Å². The zero-order valence-corrected chi connectivity index (χ0v) is 55.7. The molecule has 88 heavy (non-hydrogen) atoms. The number of ether oxygens (including phenoxy) is 4. The summed E-state index contributed by atoms with van der Waals surface area (Å²) in [5, 5.41) is 0. The molecule has 4 aromatic rings. The van der Waals surface area contributed by atoms with Crippen molar-refractivity contribution in [3.8, 4) is 11.5 Å². The lowest BCUT2D eigenvalue weighted by molar-refractivity contribution is -0.117.